The number of phenolic OH excluding ortho intramolecular Hbond substituents is 1. The van der Waals surface area contributed by atoms with E-state index in [4.69, 9.17) is 4.74 Å². The van der Waals surface area contributed by atoms with Crippen molar-refractivity contribution in [1.29, 1.82) is 0 Å². The van der Waals surface area contributed by atoms with Crippen LogP contribution in [0.15, 0.2) is 48.5 Å². The molecule has 7 heteroatoms. The topological polar surface area (TPSA) is 105 Å². The quantitative estimate of drug-likeness (QED) is 0.580. The maximum Gasteiger partial charge on any atom is 0.342 e. The largest absolute Gasteiger partial charge is 0.507 e. The number of phenols is 1. The minimum atomic E-state index is -0.833. The van der Waals surface area contributed by atoms with Gasteiger partial charge in [0.25, 0.3) is 11.8 Å². The van der Waals surface area contributed by atoms with Crippen molar-refractivity contribution in [3.05, 3.63) is 65.2 Å². The third kappa shape index (κ3) is 4.57. The number of esters is 1. The number of hydrogen-bond acceptors (Lipinski definition) is 5. The Bertz CT molecular complexity index is 759. The number of amides is 2. The average Bonchev–Trinajstić information content (AvgIpc) is 2.60. The Morgan fingerprint density at radius 3 is 2.46 bits per heavy atom. The maximum atomic E-state index is 11.8. The van der Waals surface area contributed by atoms with E-state index in [2.05, 4.69) is 10.9 Å². The smallest absolute Gasteiger partial charge is 0.342 e. The number of hydrazine groups is 1. The summed E-state index contributed by atoms with van der Waals surface area (Å²) in [6, 6.07) is 12.8. The highest BCUT2D eigenvalue weighted by Crippen LogP contribution is 2.18. The van der Waals surface area contributed by atoms with Gasteiger partial charge in [-0.2, -0.15) is 0 Å². The molecule has 0 aliphatic rings. The number of carbonyl (C=O) groups excluding carboxylic acids is 3. The van der Waals surface area contributed by atoms with Gasteiger partial charge in [-0.05, 0) is 31.2 Å². The lowest BCUT2D eigenvalue weighted by molar-refractivity contribution is -0.125. The van der Waals surface area contributed by atoms with Crippen LogP contribution in [-0.4, -0.2) is 29.5 Å². The highest BCUT2D eigenvalue weighted by molar-refractivity contribution is 5.96. The van der Waals surface area contributed by atoms with Gasteiger partial charge in [0.15, 0.2) is 6.61 Å². The number of aromatic hydroxyl groups is 1. The van der Waals surface area contributed by atoms with E-state index in [9.17, 15) is 19.5 Å². The Morgan fingerprint density at radius 1 is 1.04 bits per heavy atom. The second-order valence-electron chi connectivity index (χ2n) is 4.97. The van der Waals surface area contributed by atoms with Crippen molar-refractivity contribution in [3.8, 4) is 5.75 Å². The van der Waals surface area contributed by atoms with Crippen molar-refractivity contribution in [2.45, 2.75) is 6.92 Å². The normalized spacial score (nSPS) is 9.88. The lowest BCUT2D eigenvalue weighted by atomic mass is 10.1. The van der Waals surface area contributed by atoms with Crippen LogP contribution in [0, 0.1) is 6.92 Å². The number of nitrogens with one attached hydrogen (secondary N) is 2. The fraction of sp³-hybridized carbons (Fsp3) is 0.118. The minimum absolute atomic E-state index is 0.0314. The molecule has 2 rings (SSSR count). The first-order valence-electron chi connectivity index (χ1n) is 7.08. The summed E-state index contributed by atoms with van der Waals surface area (Å²) in [5.41, 5.74) is 5.45. The SMILES string of the molecule is Cc1ccc(O)c(C(=O)OCC(=O)NNC(=O)c2ccccc2)c1. The van der Waals surface area contributed by atoms with E-state index < -0.39 is 24.4 Å². The van der Waals surface area contributed by atoms with E-state index in [-0.39, 0.29) is 11.3 Å². The van der Waals surface area contributed by atoms with E-state index in [1.165, 1.54) is 12.1 Å². The van der Waals surface area contributed by atoms with Crippen LogP contribution in [0.3, 0.4) is 0 Å². The summed E-state index contributed by atoms with van der Waals surface area (Å²) in [5.74, 6) is -2.27. The summed E-state index contributed by atoms with van der Waals surface area (Å²) in [7, 11) is 0. The number of ether oxygens (including phenoxy) is 1. The summed E-state index contributed by atoms with van der Waals surface area (Å²) >= 11 is 0. The molecule has 0 bridgehead atoms. The molecule has 0 saturated carbocycles. The van der Waals surface area contributed by atoms with Crippen molar-refractivity contribution in [2.75, 3.05) is 6.61 Å². The van der Waals surface area contributed by atoms with Crippen LogP contribution < -0.4 is 10.9 Å². The van der Waals surface area contributed by atoms with E-state index >= 15 is 0 Å². The molecule has 0 fully saturated rings. The van der Waals surface area contributed by atoms with Gasteiger partial charge in [-0.3, -0.25) is 20.4 Å². The number of hydrogen-bond donors (Lipinski definition) is 3. The molecule has 0 atom stereocenters. The summed E-state index contributed by atoms with van der Waals surface area (Å²) in [6.45, 7) is 1.16. The molecule has 0 saturated heterocycles. The van der Waals surface area contributed by atoms with Gasteiger partial charge in [0.2, 0.25) is 0 Å². The molecule has 0 heterocycles. The Balaban J connectivity index is 1.82. The molecule has 0 aliphatic carbocycles. The second kappa shape index (κ2) is 7.77. The third-order valence-electron chi connectivity index (χ3n) is 3.06. The molecule has 3 N–H and O–H groups in total. The van der Waals surface area contributed by atoms with Crippen LogP contribution in [0.4, 0.5) is 0 Å². The maximum absolute atomic E-state index is 11.8. The predicted molar refractivity (Wildman–Crippen MR) is 85.2 cm³/mol. The fourth-order valence-corrected chi connectivity index (χ4v) is 1.85. The molecule has 0 spiro atoms. The number of aryl methyl sites for hydroxylation is 1. The van der Waals surface area contributed by atoms with Crippen LogP contribution >= 0.6 is 0 Å². The van der Waals surface area contributed by atoms with Gasteiger partial charge in [-0.25, -0.2) is 4.79 Å². The Kier molecular flexibility index (Phi) is 5.51. The second-order valence-corrected chi connectivity index (χ2v) is 4.97. The first-order chi connectivity index (χ1) is 11.5. The van der Waals surface area contributed by atoms with Crippen LogP contribution in [0.2, 0.25) is 0 Å². The molecule has 2 aromatic carbocycles. The standard InChI is InChI=1S/C17H16N2O5/c1-11-7-8-14(20)13(9-11)17(23)24-10-15(21)18-19-16(22)12-5-3-2-4-6-12/h2-9,20H,10H2,1H3,(H,18,21)(H,19,22). The molecular weight excluding hydrogens is 312 g/mol. The molecular formula is C17H16N2O5. The van der Waals surface area contributed by atoms with Crippen LogP contribution in [0.25, 0.3) is 0 Å². The molecule has 0 aliphatic heterocycles. The van der Waals surface area contributed by atoms with Gasteiger partial charge in [-0.15, -0.1) is 0 Å². The minimum Gasteiger partial charge on any atom is -0.507 e. The van der Waals surface area contributed by atoms with Crippen molar-refractivity contribution >= 4 is 17.8 Å². The molecule has 7 nitrogen and oxygen atoms in total. The molecule has 0 radical (unpaired) electrons. The van der Waals surface area contributed by atoms with E-state index in [1.54, 1.807) is 43.3 Å². The van der Waals surface area contributed by atoms with Gasteiger partial charge < -0.3 is 9.84 Å². The van der Waals surface area contributed by atoms with E-state index in [0.29, 0.717) is 5.56 Å². The van der Waals surface area contributed by atoms with Gasteiger partial charge in [-0.1, -0.05) is 29.8 Å². The summed E-state index contributed by atoms with van der Waals surface area (Å²) in [4.78, 5) is 35.2. The van der Waals surface area contributed by atoms with Crippen molar-refractivity contribution in [2.24, 2.45) is 0 Å². The monoisotopic (exact) mass is 328 g/mol. The van der Waals surface area contributed by atoms with Gasteiger partial charge in [0.05, 0.1) is 0 Å². The van der Waals surface area contributed by atoms with Gasteiger partial charge >= 0.3 is 5.97 Å². The molecule has 0 unspecified atom stereocenters. The zero-order chi connectivity index (χ0) is 17.5. The molecule has 124 valence electrons. The molecule has 24 heavy (non-hydrogen) atoms. The summed E-state index contributed by atoms with van der Waals surface area (Å²) < 4.78 is 4.80. The van der Waals surface area contributed by atoms with Crippen molar-refractivity contribution in [3.63, 3.8) is 0 Å². The molecule has 0 aromatic heterocycles. The van der Waals surface area contributed by atoms with Crippen LogP contribution in [0.1, 0.15) is 26.3 Å². The van der Waals surface area contributed by atoms with Gasteiger partial charge in [0.1, 0.15) is 11.3 Å². The lowest BCUT2D eigenvalue weighted by Crippen LogP contribution is -2.43. The Hall–Kier alpha value is -3.35. The highest BCUT2D eigenvalue weighted by atomic mass is 16.5. The summed E-state index contributed by atoms with van der Waals surface area (Å²) in [6.07, 6.45) is 0. The van der Waals surface area contributed by atoms with E-state index in [0.717, 1.165) is 5.56 Å². The summed E-state index contributed by atoms with van der Waals surface area (Å²) in [5, 5.41) is 9.61. The zero-order valence-corrected chi connectivity index (χ0v) is 12.9. The first kappa shape index (κ1) is 17.0. The average molecular weight is 328 g/mol. The highest BCUT2D eigenvalue weighted by Gasteiger charge is 2.15. The van der Waals surface area contributed by atoms with Crippen molar-refractivity contribution in [1.82, 2.24) is 10.9 Å². The Labute approximate surface area is 138 Å². The predicted octanol–water partition coefficient (Wildman–Crippen LogP) is 1.32. The molecule has 2 amide bonds. The van der Waals surface area contributed by atoms with E-state index in [1.807, 2.05) is 0 Å². The van der Waals surface area contributed by atoms with Crippen LogP contribution in [0.5, 0.6) is 5.75 Å². The number of rotatable bonds is 4. The Morgan fingerprint density at radius 2 is 1.75 bits per heavy atom. The molecule has 2 aromatic rings. The van der Waals surface area contributed by atoms with Gasteiger partial charge in [0, 0.05) is 5.56 Å². The number of benzene rings is 2. The third-order valence-corrected chi connectivity index (χ3v) is 3.06. The zero-order valence-electron chi connectivity index (χ0n) is 12.9. The van der Waals surface area contributed by atoms with Crippen molar-refractivity contribution < 1.29 is 24.2 Å². The van der Waals surface area contributed by atoms with Crippen LogP contribution in [-0.2, 0) is 9.53 Å². The lowest BCUT2D eigenvalue weighted by Gasteiger charge is -2.09. The first-order valence-corrected chi connectivity index (χ1v) is 7.08. The number of carbonyl (C=O) groups is 3. The fourth-order valence-electron chi connectivity index (χ4n) is 1.85.